The van der Waals surface area contributed by atoms with Gasteiger partial charge in [-0.2, -0.15) is 0 Å². The van der Waals surface area contributed by atoms with Crippen LogP contribution in [-0.2, 0) is 9.59 Å². The topological polar surface area (TPSA) is 96.5 Å². The number of imide groups is 1. The summed E-state index contributed by atoms with van der Waals surface area (Å²) in [4.78, 5) is 51.9. The molecule has 0 spiro atoms. The number of rotatable bonds is 7. The summed E-state index contributed by atoms with van der Waals surface area (Å²) < 4.78 is 10.6. The van der Waals surface area contributed by atoms with Crippen molar-refractivity contribution >= 4 is 29.7 Å². The Morgan fingerprint density at radius 2 is 1.62 bits per heavy atom. The van der Waals surface area contributed by atoms with Crippen molar-refractivity contribution in [3.8, 4) is 11.5 Å². The predicted molar refractivity (Wildman–Crippen MR) is 123 cm³/mol. The molecule has 2 aliphatic rings. The molecule has 2 aromatic carbocycles. The lowest BCUT2D eigenvalue weighted by Gasteiger charge is -2.27. The van der Waals surface area contributed by atoms with E-state index in [1.54, 1.807) is 55.7 Å². The van der Waals surface area contributed by atoms with Gasteiger partial charge in [0.1, 0.15) is 11.5 Å². The summed E-state index contributed by atoms with van der Waals surface area (Å²) in [6, 6.07) is 11.8. The fourth-order valence-electron chi connectivity index (χ4n) is 4.10. The average molecular weight is 463 g/mol. The van der Waals surface area contributed by atoms with E-state index in [1.165, 1.54) is 23.2 Å². The van der Waals surface area contributed by atoms with E-state index in [-0.39, 0.29) is 24.8 Å². The Labute approximate surface area is 197 Å². The Hall–Kier alpha value is -4.14. The third-order valence-corrected chi connectivity index (χ3v) is 5.84. The number of hydrogen-bond acceptors (Lipinski definition) is 6. The number of benzene rings is 2. The zero-order chi connectivity index (χ0) is 24.2. The molecule has 4 rings (SSSR count). The van der Waals surface area contributed by atoms with Gasteiger partial charge in [0.15, 0.2) is 0 Å². The van der Waals surface area contributed by atoms with Crippen LogP contribution in [0.15, 0.2) is 48.5 Å². The minimum absolute atomic E-state index is 0.0411. The van der Waals surface area contributed by atoms with Crippen LogP contribution in [0.2, 0.25) is 0 Å². The minimum atomic E-state index is -0.405. The van der Waals surface area contributed by atoms with Crippen LogP contribution < -0.4 is 9.47 Å². The van der Waals surface area contributed by atoms with Gasteiger partial charge in [-0.1, -0.05) is 12.1 Å². The summed E-state index contributed by atoms with van der Waals surface area (Å²) >= 11 is 0. The maximum Gasteiger partial charge on any atom is 0.265 e. The van der Waals surface area contributed by atoms with Crippen LogP contribution in [0.3, 0.4) is 0 Å². The molecule has 1 saturated heterocycles. The molecule has 176 valence electrons. The maximum absolute atomic E-state index is 12.9. The molecular weight excluding hydrogens is 438 g/mol. The molecule has 0 bridgehead atoms. The van der Waals surface area contributed by atoms with Crippen LogP contribution in [-0.4, -0.2) is 72.4 Å². The fourth-order valence-corrected chi connectivity index (χ4v) is 4.10. The van der Waals surface area contributed by atoms with E-state index >= 15 is 0 Å². The van der Waals surface area contributed by atoms with Gasteiger partial charge in [-0.25, -0.2) is 5.01 Å². The van der Waals surface area contributed by atoms with Crippen molar-refractivity contribution in [2.24, 2.45) is 0 Å². The zero-order valence-electron chi connectivity index (χ0n) is 19.0. The third-order valence-electron chi connectivity index (χ3n) is 5.84. The Bertz CT molecular complexity index is 1140. The lowest BCUT2D eigenvalue weighted by molar-refractivity contribution is -0.154. The molecule has 4 amide bonds. The highest BCUT2D eigenvalue weighted by atomic mass is 16.5. The van der Waals surface area contributed by atoms with Gasteiger partial charge in [-0.15, -0.1) is 0 Å². The minimum Gasteiger partial charge on any atom is -0.497 e. The molecule has 0 unspecified atom stereocenters. The molecule has 9 nitrogen and oxygen atoms in total. The van der Waals surface area contributed by atoms with Crippen molar-refractivity contribution in [3.05, 3.63) is 65.2 Å². The van der Waals surface area contributed by atoms with Crippen LogP contribution in [0.5, 0.6) is 11.5 Å². The molecular formula is C25H25N3O6. The van der Waals surface area contributed by atoms with Crippen molar-refractivity contribution in [1.29, 1.82) is 0 Å². The summed E-state index contributed by atoms with van der Waals surface area (Å²) in [6.07, 6.45) is 3.57. The van der Waals surface area contributed by atoms with Gasteiger partial charge in [0.05, 0.1) is 25.3 Å². The summed E-state index contributed by atoms with van der Waals surface area (Å²) in [6.45, 7) is 0.751. The van der Waals surface area contributed by atoms with E-state index < -0.39 is 11.8 Å². The molecule has 1 fully saturated rings. The Morgan fingerprint density at radius 3 is 2.26 bits per heavy atom. The normalized spacial score (nSPS) is 15.3. The summed E-state index contributed by atoms with van der Waals surface area (Å²) in [5, 5.41) is 2.77. The van der Waals surface area contributed by atoms with Crippen LogP contribution >= 0.6 is 0 Å². The van der Waals surface area contributed by atoms with Crippen molar-refractivity contribution < 1.29 is 28.7 Å². The summed E-state index contributed by atoms with van der Waals surface area (Å²) in [7, 11) is 3.09. The SMILES string of the molecule is COc1ccc(OC)c(/C=C/C(=O)N2CCCN2C(=O)CCN2C(=O)c3ccccc3C2=O)c1. The van der Waals surface area contributed by atoms with Gasteiger partial charge >= 0.3 is 0 Å². The van der Waals surface area contributed by atoms with Crippen molar-refractivity contribution in [3.63, 3.8) is 0 Å². The summed E-state index contributed by atoms with van der Waals surface area (Å²) in [5.74, 6) is -0.277. The van der Waals surface area contributed by atoms with E-state index in [0.29, 0.717) is 47.7 Å². The van der Waals surface area contributed by atoms with Crippen molar-refractivity contribution in [1.82, 2.24) is 14.9 Å². The molecule has 0 N–H and O–H groups in total. The Kier molecular flexibility index (Phi) is 6.62. The number of ether oxygens (including phenoxy) is 2. The van der Waals surface area contributed by atoms with Gasteiger partial charge in [-0.05, 0) is 42.8 Å². The lowest BCUT2D eigenvalue weighted by atomic mass is 10.1. The molecule has 2 aromatic rings. The first-order chi connectivity index (χ1) is 16.4. The quantitative estimate of drug-likeness (QED) is 0.462. The first-order valence-electron chi connectivity index (χ1n) is 10.9. The highest BCUT2D eigenvalue weighted by Crippen LogP contribution is 2.26. The fraction of sp³-hybridized carbons (Fsp3) is 0.280. The zero-order valence-corrected chi connectivity index (χ0v) is 19.0. The van der Waals surface area contributed by atoms with Crippen LogP contribution in [0.25, 0.3) is 6.08 Å². The number of hydrazine groups is 1. The first-order valence-corrected chi connectivity index (χ1v) is 10.9. The van der Waals surface area contributed by atoms with Gasteiger partial charge in [-0.3, -0.25) is 29.1 Å². The molecule has 0 aliphatic carbocycles. The number of amides is 4. The maximum atomic E-state index is 12.9. The number of carbonyl (C=O) groups is 4. The van der Waals surface area contributed by atoms with E-state index in [0.717, 1.165) is 4.90 Å². The van der Waals surface area contributed by atoms with Gasteiger partial charge in [0.25, 0.3) is 17.7 Å². The Balaban J connectivity index is 1.40. The van der Waals surface area contributed by atoms with Crippen LogP contribution in [0.4, 0.5) is 0 Å². The molecule has 2 aliphatic heterocycles. The molecule has 34 heavy (non-hydrogen) atoms. The van der Waals surface area contributed by atoms with Gasteiger partial charge in [0.2, 0.25) is 5.91 Å². The lowest BCUT2D eigenvalue weighted by Crippen LogP contribution is -2.45. The second kappa shape index (κ2) is 9.78. The highest BCUT2D eigenvalue weighted by molar-refractivity contribution is 6.21. The standard InChI is InChI=1S/C25H25N3O6/c1-33-18-9-10-21(34-2)17(16-18)8-11-22(29)27-13-5-14-28(27)23(30)12-15-26-24(31)19-6-3-4-7-20(19)25(26)32/h3-4,6-11,16H,5,12-15H2,1-2H3/b11-8+. The third kappa shape index (κ3) is 4.36. The first kappa shape index (κ1) is 23.0. The van der Waals surface area contributed by atoms with Crippen molar-refractivity contribution in [2.75, 3.05) is 33.9 Å². The monoisotopic (exact) mass is 463 g/mol. The number of carbonyl (C=O) groups excluding carboxylic acids is 4. The predicted octanol–water partition coefficient (Wildman–Crippen LogP) is 2.38. The smallest absolute Gasteiger partial charge is 0.265 e. The van der Waals surface area contributed by atoms with Crippen LogP contribution in [0, 0.1) is 0 Å². The molecule has 0 aromatic heterocycles. The van der Waals surface area contributed by atoms with Gasteiger partial charge in [0, 0.05) is 37.7 Å². The Morgan fingerprint density at radius 1 is 0.941 bits per heavy atom. The molecule has 9 heteroatoms. The molecule has 0 saturated carbocycles. The van der Waals surface area contributed by atoms with Gasteiger partial charge < -0.3 is 9.47 Å². The second-order valence-electron chi connectivity index (χ2n) is 7.83. The molecule has 0 radical (unpaired) electrons. The average Bonchev–Trinajstić information content (AvgIpc) is 3.45. The number of methoxy groups -OCH3 is 2. The van der Waals surface area contributed by atoms with E-state index in [2.05, 4.69) is 0 Å². The van der Waals surface area contributed by atoms with Crippen molar-refractivity contribution in [2.45, 2.75) is 12.8 Å². The number of nitrogens with zero attached hydrogens (tertiary/aromatic N) is 3. The highest BCUT2D eigenvalue weighted by Gasteiger charge is 2.36. The molecule has 0 atom stereocenters. The van der Waals surface area contributed by atoms with E-state index in [9.17, 15) is 19.2 Å². The van der Waals surface area contributed by atoms with E-state index in [4.69, 9.17) is 9.47 Å². The number of hydrogen-bond donors (Lipinski definition) is 0. The largest absolute Gasteiger partial charge is 0.497 e. The van der Waals surface area contributed by atoms with E-state index in [1.807, 2.05) is 0 Å². The summed E-state index contributed by atoms with van der Waals surface area (Å²) in [5.41, 5.74) is 1.35. The molecule has 2 heterocycles. The van der Waals surface area contributed by atoms with Crippen LogP contribution in [0.1, 0.15) is 39.1 Å². The number of fused-ring (bicyclic) bond motifs is 1. The second-order valence-corrected chi connectivity index (χ2v) is 7.83.